The minimum atomic E-state index is 0.222. The SMILES string of the molecule is CCCNC(c1ccccc1)c1cc(Br)c(Cl)s1. The molecule has 0 saturated heterocycles. The van der Waals surface area contributed by atoms with E-state index in [0.717, 1.165) is 21.8 Å². The first-order valence-electron chi connectivity index (χ1n) is 5.95. The Hall–Kier alpha value is -0.350. The molecule has 0 aliphatic heterocycles. The topological polar surface area (TPSA) is 12.0 Å². The lowest BCUT2D eigenvalue weighted by Crippen LogP contribution is -2.22. The highest BCUT2D eigenvalue weighted by Crippen LogP contribution is 2.37. The maximum absolute atomic E-state index is 6.14. The van der Waals surface area contributed by atoms with Crippen LogP contribution in [0.4, 0.5) is 0 Å². The summed E-state index contributed by atoms with van der Waals surface area (Å²) in [4.78, 5) is 1.24. The monoisotopic (exact) mass is 343 g/mol. The molecular weight excluding hydrogens is 330 g/mol. The van der Waals surface area contributed by atoms with Gasteiger partial charge in [0, 0.05) is 9.35 Å². The lowest BCUT2D eigenvalue weighted by molar-refractivity contribution is 0.606. The quantitative estimate of drug-likeness (QED) is 0.781. The highest BCUT2D eigenvalue weighted by Gasteiger charge is 2.16. The van der Waals surface area contributed by atoms with E-state index in [1.807, 2.05) is 6.07 Å². The second-order valence-electron chi connectivity index (χ2n) is 4.07. The number of benzene rings is 1. The van der Waals surface area contributed by atoms with Crippen molar-refractivity contribution in [1.29, 1.82) is 0 Å². The zero-order valence-corrected chi connectivity index (χ0v) is 13.3. The molecule has 1 atom stereocenters. The average molecular weight is 345 g/mol. The Labute approximate surface area is 125 Å². The maximum Gasteiger partial charge on any atom is 0.107 e. The van der Waals surface area contributed by atoms with E-state index in [1.165, 1.54) is 10.4 Å². The molecule has 0 saturated carbocycles. The van der Waals surface area contributed by atoms with Gasteiger partial charge in [0.1, 0.15) is 4.34 Å². The van der Waals surface area contributed by atoms with Crippen molar-refractivity contribution < 1.29 is 0 Å². The third-order valence-corrected chi connectivity index (χ3v) is 5.22. The molecule has 96 valence electrons. The van der Waals surface area contributed by atoms with Crippen LogP contribution >= 0.6 is 38.9 Å². The molecule has 0 aliphatic carbocycles. The number of hydrogen-bond donors (Lipinski definition) is 1. The zero-order valence-electron chi connectivity index (χ0n) is 10.1. The van der Waals surface area contributed by atoms with Crippen molar-refractivity contribution in [3.8, 4) is 0 Å². The van der Waals surface area contributed by atoms with Gasteiger partial charge in [-0.1, -0.05) is 48.9 Å². The second kappa shape index (κ2) is 6.71. The van der Waals surface area contributed by atoms with Gasteiger partial charge in [-0.15, -0.1) is 11.3 Å². The Morgan fingerprint density at radius 2 is 2.06 bits per heavy atom. The minimum absolute atomic E-state index is 0.222. The van der Waals surface area contributed by atoms with Crippen LogP contribution in [-0.4, -0.2) is 6.54 Å². The molecule has 1 aromatic carbocycles. The summed E-state index contributed by atoms with van der Waals surface area (Å²) in [6.07, 6.45) is 1.11. The molecule has 1 nitrogen and oxygen atoms in total. The fraction of sp³-hybridized carbons (Fsp3) is 0.286. The fourth-order valence-electron chi connectivity index (χ4n) is 1.82. The number of halogens is 2. The first-order chi connectivity index (χ1) is 8.72. The lowest BCUT2D eigenvalue weighted by Gasteiger charge is -2.17. The van der Waals surface area contributed by atoms with E-state index in [1.54, 1.807) is 11.3 Å². The molecule has 0 amide bonds. The molecule has 0 aliphatic rings. The van der Waals surface area contributed by atoms with Gasteiger partial charge in [-0.05, 0) is 40.5 Å². The van der Waals surface area contributed by atoms with E-state index in [-0.39, 0.29) is 6.04 Å². The van der Waals surface area contributed by atoms with E-state index in [0.29, 0.717) is 0 Å². The Morgan fingerprint density at radius 3 is 2.61 bits per heavy atom. The van der Waals surface area contributed by atoms with Crippen molar-refractivity contribution in [1.82, 2.24) is 5.32 Å². The number of thiophene rings is 1. The zero-order chi connectivity index (χ0) is 13.0. The van der Waals surface area contributed by atoms with Crippen molar-refractivity contribution in [3.63, 3.8) is 0 Å². The summed E-state index contributed by atoms with van der Waals surface area (Å²) >= 11 is 11.2. The van der Waals surface area contributed by atoms with Crippen molar-refractivity contribution in [2.45, 2.75) is 19.4 Å². The molecule has 0 spiro atoms. The molecule has 1 unspecified atom stereocenters. The molecular formula is C14H15BrClNS. The van der Waals surface area contributed by atoms with Gasteiger partial charge in [0.25, 0.3) is 0 Å². The summed E-state index contributed by atoms with van der Waals surface area (Å²) in [5, 5.41) is 3.57. The van der Waals surface area contributed by atoms with Crippen molar-refractivity contribution >= 4 is 38.9 Å². The van der Waals surface area contributed by atoms with Crippen LogP contribution in [0, 0.1) is 0 Å². The van der Waals surface area contributed by atoms with E-state index >= 15 is 0 Å². The van der Waals surface area contributed by atoms with Gasteiger partial charge in [0.15, 0.2) is 0 Å². The molecule has 4 heteroatoms. The first kappa shape index (κ1) is 14.1. The third kappa shape index (κ3) is 3.35. The molecule has 0 radical (unpaired) electrons. The van der Waals surface area contributed by atoms with Gasteiger partial charge in [-0.3, -0.25) is 0 Å². The van der Waals surface area contributed by atoms with E-state index in [2.05, 4.69) is 58.5 Å². The van der Waals surface area contributed by atoms with Crippen molar-refractivity contribution in [2.75, 3.05) is 6.54 Å². The van der Waals surface area contributed by atoms with Crippen molar-refractivity contribution in [3.05, 3.63) is 55.6 Å². The minimum Gasteiger partial charge on any atom is -0.306 e. The Bertz CT molecular complexity index is 478. The Balaban J connectivity index is 2.30. The van der Waals surface area contributed by atoms with E-state index in [4.69, 9.17) is 11.6 Å². The predicted octanol–water partition coefficient (Wildman–Crippen LogP) is 5.25. The molecule has 1 heterocycles. The van der Waals surface area contributed by atoms with Crippen LogP contribution in [-0.2, 0) is 0 Å². The van der Waals surface area contributed by atoms with Gasteiger partial charge in [-0.25, -0.2) is 0 Å². The van der Waals surface area contributed by atoms with Crippen LogP contribution in [0.1, 0.15) is 29.8 Å². The van der Waals surface area contributed by atoms with Crippen LogP contribution in [0.2, 0.25) is 4.34 Å². The van der Waals surface area contributed by atoms with Crippen LogP contribution in [0.25, 0.3) is 0 Å². The molecule has 2 rings (SSSR count). The molecule has 0 bridgehead atoms. The summed E-state index contributed by atoms with van der Waals surface area (Å²) in [5.41, 5.74) is 1.27. The highest BCUT2D eigenvalue weighted by atomic mass is 79.9. The molecule has 1 N–H and O–H groups in total. The van der Waals surface area contributed by atoms with Gasteiger partial charge >= 0.3 is 0 Å². The van der Waals surface area contributed by atoms with Crippen LogP contribution in [0.15, 0.2) is 40.9 Å². The maximum atomic E-state index is 6.14. The van der Waals surface area contributed by atoms with Crippen molar-refractivity contribution in [2.24, 2.45) is 0 Å². The Kier molecular flexibility index (Phi) is 5.25. The molecule has 18 heavy (non-hydrogen) atoms. The average Bonchev–Trinajstić information content (AvgIpc) is 2.71. The first-order valence-corrected chi connectivity index (χ1v) is 7.94. The van der Waals surface area contributed by atoms with Gasteiger partial charge < -0.3 is 5.32 Å². The highest BCUT2D eigenvalue weighted by molar-refractivity contribution is 9.10. The number of hydrogen-bond acceptors (Lipinski definition) is 2. The molecule has 2 aromatic rings. The number of rotatable bonds is 5. The van der Waals surface area contributed by atoms with Crippen LogP contribution in [0.3, 0.4) is 0 Å². The fourth-order valence-corrected chi connectivity index (χ4v) is 3.66. The van der Waals surface area contributed by atoms with E-state index in [9.17, 15) is 0 Å². The van der Waals surface area contributed by atoms with Gasteiger partial charge in [-0.2, -0.15) is 0 Å². The standard InChI is InChI=1S/C14H15BrClNS/c1-2-8-17-13(10-6-4-3-5-7-10)12-9-11(15)14(16)18-12/h3-7,9,13,17H,2,8H2,1H3. The third-order valence-electron chi connectivity index (χ3n) is 2.68. The summed E-state index contributed by atoms with van der Waals surface area (Å²) in [7, 11) is 0. The largest absolute Gasteiger partial charge is 0.306 e. The summed E-state index contributed by atoms with van der Waals surface area (Å²) in [5.74, 6) is 0. The lowest BCUT2D eigenvalue weighted by atomic mass is 10.1. The second-order valence-corrected chi connectivity index (χ2v) is 6.61. The summed E-state index contributed by atoms with van der Waals surface area (Å²) in [6, 6.07) is 12.8. The number of nitrogens with one attached hydrogen (secondary N) is 1. The molecule has 0 fully saturated rings. The Morgan fingerprint density at radius 1 is 1.33 bits per heavy atom. The summed E-state index contributed by atoms with van der Waals surface area (Å²) < 4.78 is 1.78. The summed E-state index contributed by atoms with van der Waals surface area (Å²) in [6.45, 7) is 3.17. The van der Waals surface area contributed by atoms with E-state index < -0.39 is 0 Å². The van der Waals surface area contributed by atoms with Crippen LogP contribution in [0.5, 0.6) is 0 Å². The smallest absolute Gasteiger partial charge is 0.107 e. The normalized spacial score (nSPS) is 12.6. The molecule has 1 aromatic heterocycles. The van der Waals surface area contributed by atoms with Crippen LogP contribution < -0.4 is 5.32 Å². The van der Waals surface area contributed by atoms with Gasteiger partial charge in [0.2, 0.25) is 0 Å². The van der Waals surface area contributed by atoms with Gasteiger partial charge in [0.05, 0.1) is 6.04 Å². The predicted molar refractivity (Wildman–Crippen MR) is 83.6 cm³/mol.